The number of carbonyl (C=O) groups is 1. The molecule has 0 spiro atoms. The summed E-state index contributed by atoms with van der Waals surface area (Å²) in [5.41, 5.74) is 4.99. The van der Waals surface area contributed by atoms with E-state index in [4.69, 9.17) is 5.73 Å². The first kappa shape index (κ1) is 14.9. The van der Waals surface area contributed by atoms with Crippen LogP contribution >= 0.6 is 0 Å². The van der Waals surface area contributed by atoms with E-state index in [1.807, 2.05) is 0 Å². The first-order valence-electron chi connectivity index (χ1n) is 5.20. The summed E-state index contributed by atoms with van der Waals surface area (Å²) in [5, 5.41) is 13.4. The SMILES string of the molecule is CS(=O)(=O)CCNc1cc(C(N)=O)ccc1[N+](=O)[O-]. The minimum absolute atomic E-state index is 0.00187. The standard InChI is InChI=1S/C10H13N3O5S/c1-19(17,18)5-4-12-8-6-7(10(11)14)2-3-9(8)13(15)16/h2-3,6,12H,4-5H2,1H3,(H2,11,14). The number of sulfone groups is 1. The maximum atomic E-state index is 11.0. The van der Waals surface area contributed by atoms with Crippen molar-refractivity contribution in [2.45, 2.75) is 0 Å². The van der Waals surface area contributed by atoms with E-state index in [-0.39, 0.29) is 29.2 Å². The number of rotatable bonds is 6. The Bertz CT molecular complexity index is 612. The quantitative estimate of drug-likeness (QED) is 0.565. The van der Waals surface area contributed by atoms with Gasteiger partial charge in [0.05, 0.1) is 10.7 Å². The molecular weight excluding hydrogens is 274 g/mol. The van der Waals surface area contributed by atoms with Gasteiger partial charge in [-0.1, -0.05) is 0 Å². The summed E-state index contributed by atoms with van der Waals surface area (Å²) >= 11 is 0. The molecule has 0 saturated heterocycles. The Morgan fingerprint density at radius 3 is 2.58 bits per heavy atom. The van der Waals surface area contributed by atoms with Crippen LogP contribution in [-0.2, 0) is 9.84 Å². The van der Waals surface area contributed by atoms with Crippen molar-refractivity contribution in [2.75, 3.05) is 23.9 Å². The molecule has 0 fully saturated rings. The molecule has 0 unspecified atom stereocenters. The predicted molar refractivity (Wildman–Crippen MR) is 69.8 cm³/mol. The number of nitrogens with one attached hydrogen (secondary N) is 1. The monoisotopic (exact) mass is 287 g/mol. The second-order valence-corrected chi connectivity index (χ2v) is 6.17. The lowest BCUT2D eigenvalue weighted by Gasteiger charge is -2.07. The maximum absolute atomic E-state index is 11.0. The second kappa shape index (κ2) is 5.65. The van der Waals surface area contributed by atoms with Gasteiger partial charge in [-0.05, 0) is 12.1 Å². The van der Waals surface area contributed by atoms with Gasteiger partial charge in [0.1, 0.15) is 15.5 Å². The van der Waals surface area contributed by atoms with Gasteiger partial charge in [0, 0.05) is 24.4 Å². The molecule has 0 heterocycles. The van der Waals surface area contributed by atoms with Gasteiger partial charge in [0.2, 0.25) is 5.91 Å². The lowest BCUT2D eigenvalue weighted by Crippen LogP contribution is -2.16. The van der Waals surface area contributed by atoms with Crippen LogP contribution in [0, 0.1) is 10.1 Å². The Labute approximate surface area is 109 Å². The number of hydrogen-bond acceptors (Lipinski definition) is 6. The van der Waals surface area contributed by atoms with Gasteiger partial charge in [0.15, 0.2) is 0 Å². The molecular formula is C10H13N3O5S. The number of anilines is 1. The summed E-state index contributed by atoms with van der Waals surface area (Å²) in [7, 11) is -3.18. The van der Waals surface area contributed by atoms with E-state index in [2.05, 4.69) is 5.32 Å². The van der Waals surface area contributed by atoms with E-state index in [9.17, 15) is 23.3 Å². The van der Waals surface area contributed by atoms with Crippen LogP contribution in [-0.4, -0.2) is 37.8 Å². The van der Waals surface area contributed by atoms with E-state index < -0.39 is 20.7 Å². The normalized spacial score (nSPS) is 11.0. The van der Waals surface area contributed by atoms with Gasteiger partial charge < -0.3 is 11.1 Å². The van der Waals surface area contributed by atoms with Crippen LogP contribution in [0.2, 0.25) is 0 Å². The molecule has 0 aliphatic rings. The first-order valence-corrected chi connectivity index (χ1v) is 7.26. The van der Waals surface area contributed by atoms with Gasteiger partial charge >= 0.3 is 0 Å². The number of hydrogen-bond donors (Lipinski definition) is 2. The molecule has 0 aliphatic heterocycles. The molecule has 0 atom stereocenters. The second-order valence-electron chi connectivity index (χ2n) is 3.91. The van der Waals surface area contributed by atoms with Crippen LogP contribution in [0.1, 0.15) is 10.4 Å². The van der Waals surface area contributed by atoms with Crippen molar-refractivity contribution >= 4 is 27.1 Å². The number of nitrogens with zero attached hydrogens (tertiary/aromatic N) is 1. The zero-order valence-corrected chi connectivity index (χ0v) is 10.9. The van der Waals surface area contributed by atoms with Crippen molar-refractivity contribution in [1.82, 2.24) is 0 Å². The molecule has 1 aromatic rings. The highest BCUT2D eigenvalue weighted by molar-refractivity contribution is 7.90. The zero-order chi connectivity index (χ0) is 14.6. The molecule has 0 aliphatic carbocycles. The highest BCUT2D eigenvalue weighted by Gasteiger charge is 2.16. The smallest absolute Gasteiger partial charge is 0.292 e. The number of nitrogens with two attached hydrogens (primary N) is 1. The Kier molecular flexibility index (Phi) is 4.43. The summed E-state index contributed by atoms with van der Waals surface area (Å²) in [6, 6.07) is 3.60. The van der Waals surface area contributed by atoms with Crippen molar-refractivity contribution in [1.29, 1.82) is 0 Å². The van der Waals surface area contributed by atoms with Crippen LogP contribution in [0.4, 0.5) is 11.4 Å². The van der Waals surface area contributed by atoms with Crippen LogP contribution in [0.25, 0.3) is 0 Å². The Morgan fingerprint density at radius 2 is 2.11 bits per heavy atom. The van der Waals surface area contributed by atoms with E-state index >= 15 is 0 Å². The van der Waals surface area contributed by atoms with Crippen LogP contribution in [0.15, 0.2) is 18.2 Å². The number of amides is 1. The summed E-state index contributed by atoms with van der Waals surface area (Å²) in [6.45, 7) is 0.00187. The van der Waals surface area contributed by atoms with E-state index in [0.717, 1.165) is 12.3 Å². The van der Waals surface area contributed by atoms with E-state index in [1.54, 1.807) is 0 Å². The van der Waals surface area contributed by atoms with Crippen molar-refractivity contribution in [2.24, 2.45) is 5.73 Å². The minimum Gasteiger partial charge on any atom is -0.378 e. The molecule has 3 N–H and O–H groups in total. The first-order chi connectivity index (χ1) is 8.70. The molecule has 1 rings (SSSR count). The number of benzene rings is 1. The highest BCUT2D eigenvalue weighted by atomic mass is 32.2. The number of nitro groups is 1. The number of carbonyl (C=O) groups excluding carboxylic acids is 1. The molecule has 19 heavy (non-hydrogen) atoms. The zero-order valence-electron chi connectivity index (χ0n) is 10.1. The fourth-order valence-corrected chi connectivity index (χ4v) is 1.83. The van der Waals surface area contributed by atoms with Crippen LogP contribution in [0.3, 0.4) is 0 Å². The average Bonchev–Trinajstić information content (AvgIpc) is 2.26. The van der Waals surface area contributed by atoms with Crippen molar-refractivity contribution in [3.8, 4) is 0 Å². The Morgan fingerprint density at radius 1 is 1.47 bits per heavy atom. The summed E-state index contributed by atoms with van der Waals surface area (Å²) < 4.78 is 21.9. The highest BCUT2D eigenvalue weighted by Crippen LogP contribution is 2.25. The molecule has 1 amide bonds. The van der Waals surface area contributed by atoms with E-state index in [0.29, 0.717) is 0 Å². The van der Waals surface area contributed by atoms with Gasteiger partial charge in [0.25, 0.3) is 5.69 Å². The Balaban J connectivity index is 2.98. The number of primary amides is 1. The van der Waals surface area contributed by atoms with Gasteiger partial charge in [-0.3, -0.25) is 14.9 Å². The minimum atomic E-state index is -3.18. The predicted octanol–water partition coefficient (Wildman–Crippen LogP) is 0.150. The fourth-order valence-electron chi connectivity index (χ4n) is 1.36. The molecule has 1 aromatic carbocycles. The molecule has 0 saturated carbocycles. The largest absolute Gasteiger partial charge is 0.378 e. The molecule has 0 radical (unpaired) electrons. The van der Waals surface area contributed by atoms with Gasteiger partial charge in [-0.2, -0.15) is 0 Å². The molecule has 0 aromatic heterocycles. The van der Waals surface area contributed by atoms with Crippen LogP contribution < -0.4 is 11.1 Å². The Hall–Kier alpha value is -2.16. The maximum Gasteiger partial charge on any atom is 0.292 e. The summed E-state index contributed by atoms with van der Waals surface area (Å²) in [4.78, 5) is 21.2. The fraction of sp³-hybridized carbons (Fsp3) is 0.300. The van der Waals surface area contributed by atoms with E-state index in [1.165, 1.54) is 12.1 Å². The van der Waals surface area contributed by atoms with Crippen molar-refractivity contribution in [3.05, 3.63) is 33.9 Å². The summed E-state index contributed by atoms with van der Waals surface area (Å²) in [5.74, 6) is -0.897. The lowest BCUT2D eigenvalue weighted by molar-refractivity contribution is -0.384. The van der Waals surface area contributed by atoms with Gasteiger partial charge in [-0.25, -0.2) is 8.42 Å². The third kappa shape index (κ3) is 4.54. The summed E-state index contributed by atoms with van der Waals surface area (Å²) in [6.07, 6.45) is 1.06. The third-order valence-corrected chi connectivity index (χ3v) is 3.21. The van der Waals surface area contributed by atoms with Crippen LogP contribution in [0.5, 0.6) is 0 Å². The van der Waals surface area contributed by atoms with Crippen molar-refractivity contribution < 1.29 is 18.1 Å². The topological polar surface area (TPSA) is 132 Å². The molecule has 8 nitrogen and oxygen atoms in total. The molecule has 104 valence electrons. The molecule has 0 bridgehead atoms. The van der Waals surface area contributed by atoms with Gasteiger partial charge in [-0.15, -0.1) is 0 Å². The van der Waals surface area contributed by atoms with Crippen molar-refractivity contribution in [3.63, 3.8) is 0 Å². The number of nitro benzene ring substituents is 1. The third-order valence-electron chi connectivity index (χ3n) is 2.27. The lowest BCUT2D eigenvalue weighted by atomic mass is 10.1. The molecule has 9 heteroatoms. The average molecular weight is 287 g/mol.